The molecule has 0 unspecified atom stereocenters. The second-order valence-electron chi connectivity index (χ2n) is 7.43. The monoisotopic (exact) mass is 434 g/mol. The normalized spacial score (nSPS) is 11.0. The number of carbonyl (C=O) groups excluding carboxylic acids is 1. The molecule has 0 aliphatic carbocycles. The summed E-state index contributed by atoms with van der Waals surface area (Å²) in [6.07, 6.45) is 0. The van der Waals surface area contributed by atoms with Crippen LogP contribution in [-0.2, 0) is 11.3 Å². The Kier molecular flexibility index (Phi) is 5.77. The first kappa shape index (κ1) is 21.3. The number of fused-ring (bicyclic) bond motifs is 1. The molecular weight excluding hydrogens is 411 g/mol. The van der Waals surface area contributed by atoms with E-state index in [4.69, 9.17) is 4.74 Å². The highest BCUT2D eigenvalue weighted by Crippen LogP contribution is 2.24. The third kappa shape index (κ3) is 4.12. The first-order valence-electron chi connectivity index (χ1n) is 10.3. The Bertz CT molecular complexity index is 1360. The van der Waals surface area contributed by atoms with Gasteiger partial charge in [0.15, 0.2) is 0 Å². The number of benzene rings is 2. The number of halogens is 1. The van der Waals surface area contributed by atoms with Crippen LogP contribution in [0.15, 0.2) is 59.4 Å². The molecule has 8 heteroatoms. The molecule has 2 heterocycles. The van der Waals surface area contributed by atoms with Crippen molar-refractivity contribution in [1.82, 2.24) is 14.3 Å². The molecule has 0 fully saturated rings. The summed E-state index contributed by atoms with van der Waals surface area (Å²) in [6.45, 7) is 5.87. The van der Waals surface area contributed by atoms with Crippen LogP contribution in [0.2, 0.25) is 0 Å². The molecule has 0 aliphatic heterocycles. The summed E-state index contributed by atoms with van der Waals surface area (Å²) in [5.41, 5.74) is 2.59. The van der Waals surface area contributed by atoms with Crippen LogP contribution in [0.25, 0.3) is 16.7 Å². The SMILES string of the molecule is CCOc1ccc(NC(=O)Cn2c(=O)cc(C)c3c(C)nn(-c4cccc(F)c4)c32)cc1. The quantitative estimate of drug-likeness (QED) is 0.498. The number of amides is 1. The van der Waals surface area contributed by atoms with Crippen molar-refractivity contribution < 1.29 is 13.9 Å². The van der Waals surface area contributed by atoms with E-state index >= 15 is 0 Å². The predicted octanol–water partition coefficient (Wildman–Crippen LogP) is 3.98. The van der Waals surface area contributed by atoms with E-state index in [1.54, 1.807) is 36.4 Å². The largest absolute Gasteiger partial charge is 0.494 e. The summed E-state index contributed by atoms with van der Waals surface area (Å²) in [4.78, 5) is 25.7. The van der Waals surface area contributed by atoms with Crippen LogP contribution < -0.4 is 15.6 Å². The van der Waals surface area contributed by atoms with Gasteiger partial charge in [-0.2, -0.15) is 5.10 Å². The molecule has 164 valence electrons. The van der Waals surface area contributed by atoms with Crippen molar-refractivity contribution in [3.63, 3.8) is 0 Å². The standard InChI is InChI=1S/C24H23FN4O3/c1-4-32-20-10-8-18(9-11-20)26-21(30)14-28-22(31)12-15(2)23-16(3)27-29(24(23)28)19-7-5-6-17(25)13-19/h5-13H,4,14H2,1-3H3,(H,26,30). The first-order valence-corrected chi connectivity index (χ1v) is 10.3. The molecule has 0 aliphatic rings. The number of pyridine rings is 1. The van der Waals surface area contributed by atoms with E-state index in [2.05, 4.69) is 10.4 Å². The number of hydrogen-bond acceptors (Lipinski definition) is 4. The molecular formula is C24H23FN4O3. The van der Waals surface area contributed by atoms with Crippen molar-refractivity contribution in [2.45, 2.75) is 27.3 Å². The number of rotatable bonds is 6. The van der Waals surface area contributed by atoms with Gasteiger partial charge in [-0.25, -0.2) is 9.07 Å². The lowest BCUT2D eigenvalue weighted by Crippen LogP contribution is -2.29. The second kappa shape index (κ2) is 8.66. The maximum atomic E-state index is 13.9. The lowest BCUT2D eigenvalue weighted by Gasteiger charge is -2.13. The van der Waals surface area contributed by atoms with Crippen LogP contribution in [0.4, 0.5) is 10.1 Å². The number of aryl methyl sites for hydroxylation is 2. The Hall–Kier alpha value is -3.94. The first-order chi connectivity index (χ1) is 15.4. The van der Waals surface area contributed by atoms with Crippen molar-refractivity contribution in [1.29, 1.82) is 0 Å². The summed E-state index contributed by atoms with van der Waals surface area (Å²) >= 11 is 0. The van der Waals surface area contributed by atoms with Crippen molar-refractivity contribution in [3.8, 4) is 11.4 Å². The van der Waals surface area contributed by atoms with E-state index in [0.29, 0.717) is 35.1 Å². The molecule has 2 aromatic heterocycles. The summed E-state index contributed by atoms with van der Waals surface area (Å²) in [7, 11) is 0. The molecule has 1 N–H and O–H groups in total. The Labute approximate surface area is 184 Å². The zero-order valence-corrected chi connectivity index (χ0v) is 18.1. The topological polar surface area (TPSA) is 78.2 Å². The van der Waals surface area contributed by atoms with E-state index in [-0.39, 0.29) is 18.0 Å². The Morgan fingerprint density at radius 2 is 1.88 bits per heavy atom. The molecule has 32 heavy (non-hydrogen) atoms. The summed E-state index contributed by atoms with van der Waals surface area (Å²) < 4.78 is 22.1. The van der Waals surface area contributed by atoms with Crippen LogP contribution in [0.1, 0.15) is 18.2 Å². The van der Waals surface area contributed by atoms with Gasteiger partial charge in [-0.1, -0.05) is 6.07 Å². The minimum atomic E-state index is -0.418. The summed E-state index contributed by atoms with van der Waals surface area (Å²) in [5.74, 6) is -0.0823. The van der Waals surface area contributed by atoms with E-state index in [9.17, 15) is 14.0 Å². The lowest BCUT2D eigenvalue weighted by molar-refractivity contribution is -0.116. The molecule has 0 bridgehead atoms. The number of carbonyl (C=O) groups is 1. The second-order valence-corrected chi connectivity index (χ2v) is 7.43. The smallest absolute Gasteiger partial charge is 0.252 e. The maximum Gasteiger partial charge on any atom is 0.252 e. The number of nitrogens with zero attached hydrogens (tertiary/aromatic N) is 3. The third-order valence-electron chi connectivity index (χ3n) is 5.10. The third-order valence-corrected chi connectivity index (χ3v) is 5.10. The fourth-order valence-electron chi connectivity index (χ4n) is 3.75. The molecule has 1 amide bonds. The van der Waals surface area contributed by atoms with Crippen molar-refractivity contribution in [3.05, 3.63) is 82.0 Å². The Morgan fingerprint density at radius 3 is 2.56 bits per heavy atom. The van der Waals surface area contributed by atoms with Crippen molar-refractivity contribution in [2.75, 3.05) is 11.9 Å². The van der Waals surface area contributed by atoms with Gasteiger partial charge in [0, 0.05) is 17.1 Å². The fourth-order valence-corrected chi connectivity index (χ4v) is 3.75. The molecule has 4 aromatic rings. The zero-order valence-electron chi connectivity index (χ0n) is 18.1. The molecule has 0 spiro atoms. The highest BCUT2D eigenvalue weighted by atomic mass is 19.1. The molecule has 0 atom stereocenters. The van der Waals surface area contributed by atoms with Crippen LogP contribution in [0, 0.1) is 19.7 Å². The lowest BCUT2D eigenvalue weighted by atomic mass is 10.1. The predicted molar refractivity (Wildman–Crippen MR) is 121 cm³/mol. The molecule has 0 saturated carbocycles. The average Bonchev–Trinajstić information content (AvgIpc) is 3.10. The number of ether oxygens (including phenoxy) is 1. The minimum Gasteiger partial charge on any atom is -0.494 e. The average molecular weight is 434 g/mol. The Balaban J connectivity index is 1.73. The van der Waals surface area contributed by atoms with Gasteiger partial charge < -0.3 is 10.1 Å². The van der Waals surface area contributed by atoms with E-state index in [1.807, 2.05) is 20.8 Å². The van der Waals surface area contributed by atoms with Crippen molar-refractivity contribution in [2.24, 2.45) is 0 Å². The van der Waals surface area contributed by atoms with Crippen LogP contribution in [0.5, 0.6) is 5.75 Å². The van der Waals surface area contributed by atoms with Gasteiger partial charge in [0.1, 0.15) is 23.8 Å². The summed E-state index contributed by atoms with van der Waals surface area (Å²) in [6, 6.07) is 14.4. The number of anilines is 1. The Morgan fingerprint density at radius 1 is 1.12 bits per heavy atom. The van der Waals surface area contributed by atoms with Crippen molar-refractivity contribution >= 4 is 22.6 Å². The van der Waals surface area contributed by atoms with Gasteiger partial charge >= 0.3 is 0 Å². The van der Waals surface area contributed by atoms with Gasteiger partial charge in [-0.3, -0.25) is 14.2 Å². The summed E-state index contributed by atoms with van der Waals surface area (Å²) in [5, 5.41) is 8.08. The molecule has 0 radical (unpaired) electrons. The van der Waals surface area contributed by atoms with Gasteiger partial charge in [0.05, 0.1) is 18.0 Å². The highest BCUT2D eigenvalue weighted by Gasteiger charge is 2.19. The number of aromatic nitrogens is 3. The van der Waals surface area contributed by atoms with Crippen LogP contribution in [0.3, 0.4) is 0 Å². The van der Waals surface area contributed by atoms with Gasteiger partial charge in [0.2, 0.25) is 5.91 Å². The van der Waals surface area contributed by atoms with E-state index < -0.39 is 5.82 Å². The fraction of sp³-hybridized carbons (Fsp3) is 0.208. The zero-order chi connectivity index (χ0) is 22.8. The van der Waals surface area contributed by atoms with E-state index in [1.165, 1.54) is 27.4 Å². The minimum absolute atomic E-state index is 0.219. The maximum absolute atomic E-state index is 13.9. The number of nitrogens with one attached hydrogen (secondary N) is 1. The van der Waals surface area contributed by atoms with Gasteiger partial charge in [-0.05, 0) is 68.8 Å². The van der Waals surface area contributed by atoms with Gasteiger partial charge in [0.25, 0.3) is 5.56 Å². The molecule has 4 rings (SSSR count). The van der Waals surface area contributed by atoms with Gasteiger partial charge in [-0.15, -0.1) is 0 Å². The van der Waals surface area contributed by atoms with Crippen LogP contribution >= 0.6 is 0 Å². The number of hydrogen-bond donors (Lipinski definition) is 1. The molecule has 0 saturated heterocycles. The van der Waals surface area contributed by atoms with E-state index in [0.717, 1.165) is 10.9 Å². The van der Waals surface area contributed by atoms with Crippen LogP contribution in [-0.4, -0.2) is 26.9 Å². The molecule has 2 aromatic carbocycles. The molecule has 7 nitrogen and oxygen atoms in total. The highest BCUT2D eigenvalue weighted by molar-refractivity contribution is 5.92.